The van der Waals surface area contributed by atoms with Crippen LogP contribution in [0.5, 0.6) is 0 Å². The quantitative estimate of drug-likeness (QED) is 0.773. The van der Waals surface area contributed by atoms with Crippen LogP contribution in [0.2, 0.25) is 10.0 Å². The van der Waals surface area contributed by atoms with E-state index in [0.29, 0.717) is 10.0 Å². The lowest BCUT2D eigenvalue weighted by Gasteiger charge is -2.33. The molecule has 0 bridgehead atoms. The Kier molecular flexibility index (Phi) is 5.55. The Bertz CT molecular complexity index is 645. The Labute approximate surface area is 147 Å². The average molecular weight is 348 g/mol. The summed E-state index contributed by atoms with van der Waals surface area (Å²) in [6.07, 6.45) is 1.76. The number of nitrogens with zero attached hydrogens (tertiary/aromatic N) is 3. The van der Waals surface area contributed by atoms with Crippen molar-refractivity contribution in [2.45, 2.75) is 6.54 Å². The summed E-state index contributed by atoms with van der Waals surface area (Å²) in [6.45, 7) is 4.82. The maximum atomic E-state index is 6.16. The predicted octanol–water partition coefficient (Wildman–Crippen LogP) is 4.15. The third kappa shape index (κ3) is 4.47. The van der Waals surface area contributed by atoms with Gasteiger partial charge in [-0.25, -0.2) is 0 Å². The van der Waals surface area contributed by atoms with Crippen molar-refractivity contribution in [3.05, 3.63) is 69.7 Å². The highest BCUT2D eigenvalue weighted by Crippen LogP contribution is 2.22. The minimum Gasteiger partial charge on any atom is -0.295 e. The second-order valence-electron chi connectivity index (χ2n) is 5.60. The molecule has 0 saturated carbocycles. The number of hydrogen-bond acceptors (Lipinski definition) is 3. The molecule has 0 aromatic heterocycles. The van der Waals surface area contributed by atoms with Gasteiger partial charge in [0.15, 0.2) is 0 Å². The highest BCUT2D eigenvalue weighted by molar-refractivity contribution is 6.38. The van der Waals surface area contributed by atoms with Crippen molar-refractivity contribution in [2.24, 2.45) is 5.10 Å². The molecule has 2 aromatic rings. The summed E-state index contributed by atoms with van der Waals surface area (Å²) in [6, 6.07) is 16.1. The summed E-state index contributed by atoms with van der Waals surface area (Å²) in [7, 11) is 0. The average Bonchev–Trinajstić information content (AvgIpc) is 2.57. The van der Waals surface area contributed by atoms with Gasteiger partial charge in [-0.15, -0.1) is 0 Å². The van der Waals surface area contributed by atoms with E-state index in [4.69, 9.17) is 23.2 Å². The van der Waals surface area contributed by atoms with Crippen molar-refractivity contribution in [1.29, 1.82) is 0 Å². The number of hydrazone groups is 1. The largest absolute Gasteiger partial charge is 0.295 e. The first-order valence-corrected chi connectivity index (χ1v) is 8.47. The molecule has 0 aliphatic carbocycles. The third-order valence-electron chi connectivity index (χ3n) is 3.95. The summed E-state index contributed by atoms with van der Waals surface area (Å²) in [5.41, 5.74) is 2.13. The highest BCUT2D eigenvalue weighted by Gasteiger charge is 2.15. The third-order valence-corrected chi connectivity index (χ3v) is 4.61. The van der Waals surface area contributed by atoms with Crippen LogP contribution in [0.1, 0.15) is 11.1 Å². The first-order valence-electron chi connectivity index (χ1n) is 7.71. The van der Waals surface area contributed by atoms with Gasteiger partial charge in [-0.2, -0.15) is 5.10 Å². The number of benzene rings is 2. The first kappa shape index (κ1) is 16.3. The summed E-state index contributed by atoms with van der Waals surface area (Å²) in [4.78, 5) is 2.45. The lowest BCUT2D eigenvalue weighted by molar-refractivity contribution is 0.131. The minimum absolute atomic E-state index is 0.629. The van der Waals surface area contributed by atoms with Crippen molar-refractivity contribution < 1.29 is 0 Å². The zero-order valence-corrected chi connectivity index (χ0v) is 14.3. The Hall–Kier alpha value is -1.55. The molecule has 1 heterocycles. The monoisotopic (exact) mass is 347 g/mol. The smallest absolute Gasteiger partial charge is 0.0572 e. The van der Waals surface area contributed by atoms with Crippen LogP contribution < -0.4 is 0 Å². The van der Waals surface area contributed by atoms with Crippen molar-refractivity contribution in [1.82, 2.24) is 9.91 Å². The van der Waals surface area contributed by atoms with E-state index in [0.717, 1.165) is 38.3 Å². The summed E-state index contributed by atoms with van der Waals surface area (Å²) < 4.78 is 0. The summed E-state index contributed by atoms with van der Waals surface area (Å²) >= 11 is 12.3. The van der Waals surface area contributed by atoms with E-state index in [-0.39, 0.29) is 0 Å². The van der Waals surface area contributed by atoms with Crippen LogP contribution in [0.3, 0.4) is 0 Å². The second kappa shape index (κ2) is 7.82. The van der Waals surface area contributed by atoms with E-state index in [1.807, 2.05) is 18.2 Å². The van der Waals surface area contributed by atoms with Gasteiger partial charge < -0.3 is 0 Å². The number of halogens is 2. The van der Waals surface area contributed by atoms with Crippen molar-refractivity contribution in [2.75, 3.05) is 26.2 Å². The van der Waals surface area contributed by atoms with Gasteiger partial charge >= 0.3 is 0 Å². The molecule has 0 atom stereocenters. The minimum atomic E-state index is 0.629. The molecular formula is C18H19Cl2N3. The summed E-state index contributed by atoms with van der Waals surface area (Å²) in [5, 5.41) is 7.86. The van der Waals surface area contributed by atoms with Crippen LogP contribution in [0.15, 0.2) is 53.6 Å². The van der Waals surface area contributed by atoms with Crippen molar-refractivity contribution in [3.8, 4) is 0 Å². The van der Waals surface area contributed by atoms with Gasteiger partial charge in [0.25, 0.3) is 0 Å². The van der Waals surface area contributed by atoms with Crippen LogP contribution in [-0.4, -0.2) is 42.3 Å². The molecule has 1 aliphatic heterocycles. The van der Waals surface area contributed by atoms with Crippen molar-refractivity contribution >= 4 is 29.4 Å². The fraction of sp³-hybridized carbons (Fsp3) is 0.278. The molecular weight excluding hydrogens is 329 g/mol. The normalized spacial score (nSPS) is 16.2. The van der Waals surface area contributed by atoms with Gasteiger partial charge in [0.1, 0.15) is 0 Å². The van der Waals surface area contributed by atoms with E-state index in [1.54, 1.807) is 6.21 Å². The molecule has 3 nitrogen and oxygen atoms in total. The molecule has 0 spiro atoms. The zero-order chi connectivity index (χ0) is 16.1. The second-order valence-corrected chi connectivity index (χ2v) is 6.41. The molecule has 0 radical (unpaired) electrons. The van der Waals surface area contributed by atoms with E-state index in [2.05, 4.69) is 45.3 Å². The fourth-order valence-corrected chi connectivity index (χ4v) is 3.12. The van der Waals surface area contributed by atoms with E-state index < -0.39 is 0 Å². The maximum absolute atomic E-state index is 6.16. The molecule has 5 heteroatoms. The Morgan fingerprint density at radius 2 is 1.52 bits per heavy atom. The number of hydrogen-bond donors (Lipinski definition) is 0. The highest BCUT2D eigenvalue weighted by atomic mass is 35.5. The molecule has 0 N–H and O–H groups in total. The lowest BCUT2D eigenvalue weighted by Crippen LogP contribution is -2.43. The van der Waals surface area contributed by atoms with Crippen LogP contribution in [0, 0.1) is 0 Å². The van der Waals surface area contributed by atoms with Gasteiger partial charge in [0.05, 0.1) is 16.3 Å². The van der Waals surface area contributed by atoms with Gasteiger partial charge in [0, 0.05) is 38.3 Å². The van der Waals surface area contributed by atoms with Crippen LogP contribution in [0.4, 0.5) is 0 Å². The Balaban J connectivity index is 1.54. The van der Waals surface area contributed by atoms with E-state index in [1.165, 1.54) is 5.56 Å². The van der Waals surface area contributed by atoms with Gasteiger partial charge in [-0.05, 0) is 17.7 Å². The maximum Gasteiger partial charge on any atom is 0.0572 e. The summed E-state index contributed by atoms with van der Waals surface area (Å²) in [5.74, 6) is 0. The molecule has 1 saturated heterocycles. The standard InChI is InChI=1S/C18H19Cl2N3/c19-17-7-4-8-18(20)16(17)13-21-23-11-9-22(10-12-23)14-15-5-2-1-3-6-15/h1-8,13H,9-12,14H2/b21-13+. The van der Waals surface area contributed by atoms with Gasteiger partial charge in [-0.3, -0.25) is 9.91 Å². The molecule has 23 heavy (non-hydrogen) atoms. The van der Waals surface area contributed by atoms with Crippen LogP contribution >= 0.6 is 23.2 Å². The van der Waals surface area contributed by atoms with Crippen LogP contribution in [0.25, 0.3) is 0 Å². The first-order chi connectivity index (χ1) is 11.2. The zero-order valence-electron chi connectivity index (χ0n) is 12.8. The topological polar surface area (TPSA) is 18.8 Å². The van der Waals surface area contributed by atoms with Crippen molar-refractivity contribution in [3.63, 3.8) is 0 Å². The molecule has 120 valence electrons. The SMILES string of the molecule is Clc1cccc(Cl)c1/C=N/N1CCN(Cc2ccccc2)CC1. The van der Waals surface area contributed by atoms with Gasteiger partial charge in [-0.1, -0.05) is 59.6 Å². The van der Waals surface area contributed by atoms with E-state index in [9.17, 15) is 0 Å². The lowest BCUT2D eigenvalue weighted by atomic mass is 10.2. The molecule has 1 aliphatic rings. The predicted molar refractivity (Wildman–Crippen MR) is 97.3 cm³/mol. The molecule has 3 rings (SSSR count). The molecule has 1 fully saturated rings. The Morgan fingerprint density at radius 1 is 0.870 bits per heavy atom. The fourth-order valence-electron chi connectivity index (χ4n) is 2.63. The van der Waals surface area contributed by atoms with Gasteiger partial charge in [0.2, 0.25) is 0 Å². The number of rotatable bonds is 4. The Morgan fingerprint density at radius 3 is 2.17 bits per heavy atom. The number of piperazine rings is 1. The van der Waals surface area contributed by atoms with Crippen LogP contribution in [-0.2, 0) is 6.54 Å². The molecule has 0 amide bonds. The molecule has 2 aromatic carbocycles. The van der Waals surface area contributed by atoms with E-state index >= 15 is 0 Å². The molecule has 0 unspecified atom stereocenters.